The van der Waals surface area contributed by atoms with Crippen LogP contribution in [0.5, 0.6) is 11.5 Å². The molecule has 3 aliphatic rings. The van der Waals surface area contributed by atoms with Crippen LogP contribution in [0, 0.1) is 5.41 Å². The van der Waals surface area contributed by atoms with Gasteiger partial charge in [-0.15, -0.1) is 0 Å². The molecule has 170 valence electrons. The van der Waals surface area contributed by atoms with Crippen molar-refractivity contribution in [3.05, 3.63) is 82.3 Å². The highest BCUT2D eigenvalue weighted by Gasteiger charge is 2.47. The number of rotatable bonds is 4. The first kappa shape index (κ1) is 21.3. The quantitative estimate of drug-likeness (QED) is 0.690. The normalized spacial score (nSPS) is 21.5. The molecule has 2 aromatic rings. The van der Waals surface area contributed by atoms with Gasteiger partial charge >= 0.3 is 0 Å². The number of phenols is 1. The number of allylic oxidation sites excluding steroid dienone is 3. The number of methoxy groups -OCH3 is 1. The van der Waals surface area contributed by atoms with Gasteiger partial charge in [-0.1, -0.05) is 50.2 Å². The first-order valence-corrected chi connectivity index (χ1v) is 11.3. The molecule has 33 heavy (non-hydrogen) atoms. The second-order valence-electron chi connectivity index (χ2n) is 9.69. The molecule has 6 heteroatoms. The van der Waals surface area contributed by atoms with Crippen molar-refractivity contribution in [1.29, 1.82) is 0 Å². The Hall–Kier alpha value is -3.54. The van der Waals surface area contributed by atoms with Gasteiger partial charge in [0.2, 0.25) is 0 Å². The van der Waals surface area contributed by atoms with Gasteiger partial charge < -0.3 is 20.1 Å². The molecule has 0 saturated carbocycles. The number of ether oxygens (including phenoxy) is 1. The van der Waals surface area contributed by atoms with E-state index < -0.39 is 5.92 Å². The molecule has 0 bridgehead atoms. The Balaban J connectivity index is 1.76. The van der Waals surface area contributed by atoms with Gasteiger partial charge in [0, 0.05) is 48.0 Å². The van der Waals surface area contributed by atoms with E-state index in [4.69, 9.17) is 4.74 Å². The monoisotopic (exact) mass is 444 g/mol. The Morgan fingerprint density at radius 3 is 2.61 bits per heavy atom. The Morgan fingerprint density at radius 1 is 1.15 bits per heavy atom. The van der Waals surface area contributed by atoms with E-state index in [9.17, 15) is 14.7 Å². The van der Waals surface area contributed by atoms with Crippen LogP contribution in [-0.4, -0.2) is 41.8 Å². The van der Waals surface area contributed by atoms with Gasteiger partial charge in [0.25, 0.3) is 0 Å². The first-order chi connectivity index (χ1) is 15.8. The van der Waals surface area contributed by atoms with Crippen molar-refractivity contribution >= 4 is 11.6 Å². The highest BCUT2D eigenvalue weighted by atomic mass is 16.5. The summed E-state index contributed by atoms with van der Waals surface area (Å²) in [5, 5.41) is 14.4. The molecule has 1 saturated heterocycles. The third-order valence-corrected chi connectivity index (χ3v) is 6.78. The third-order valence-electron chi connectivity index (χ3n) is 6.78. The summed E-state index contributed by atoms with van der Waals surface area (Å²) in [5.41, 5.74) is 3.02. The van der Waals surface area contributed by atoms with E-state index in [0.29, 0.717) is 47.5 Å². The second kappa shape index (κ2) is 7.80. The number of nitrogens with zero attached hydrogens (tertiary/aromatic N) is 1. The lowest BCUT2D eigenvalue weighted by Crippen LogP contribution is -2.40. The molecule has 0 spiro atoms. The molecule has 2 N–H and O–H groups in total. The minimum atomic E-state index is -0.654. The fraction of sp³-hybridized carbons (Fsp3) is 0.333. The molecular weight excluding hydrogens is 416 g/mol. The van der Waals surface area contributed by atoms with Crippen LogP contribution in [-0.2, 0) is 4.79 Å². The Morgan fingerprint density at radius 2 is 1.91 bits per heavy atom. The van der Waals surface area contributed by atoms with Crippen LogP contribution >= 0.6 is 0 Å². The van der Waals surface area contributed by atoms with E-state index >= 15 is 0 Å². The maximum Gasteiger partial charge on any atom is 0.193 e. The standard InChI is InChI=1S/C27H28N2O4/c1-27(2)14-19-23(21(31)15-27)22(18-10-9-17(33-3)13-20(18)30)24(26-28-11-12-29(19)26)25(32)16-7-5-4-6-8-16/h4-10,13,22,28,30H,11-12,14-15H2,1-3H3. The predicted molar refractivity (Wildman–Crippen MR) is 125 cm³/mol. The Bertz CT molecular complexity index is 1210. The molecule has 2 aliphatic heterocycles. The van der Waals surface area contributed by atoms with Crippen molar-refractivity contribution in [2.75, 3.05) is 20.2 Å². The van der Waals surface area contributed by atoms with E-state index in [1.807, 2.05) is 18.2 Å². The molecule has 1 fully saturated rings. The minimum Gasteiger partial charge on any atom is -0.507 e. The summed E-state index contributed by atoms with van der Waals surface area (Å²) in [5.74, 6) is 0.503. The Kier molecular flexibility index (Phi) is 5.04. The molecule has 1 aliphatic carbocycles. The van der Waals surface area contributed by atoms with Crippen molar-refractivity contribution in [2.45, 2.75) is 32.6 Å². The molecule has 2 aromatic carbocycles. The zero-order valence-corrected chi connectivity index (χ0v) is 19.1. The number of phenolic OH excluding ortho intramolecular Hbond substituents is 1. The number of ketones is 2. The van der Waals surface area contributed by atoms with E-state index in [1.54, 1.807) is 24.3 Å². The largest absolute Gasteiger partial charge is 0.507 e. The number of benzene rings is 2. The van der Waals surface area contributed by atoms with Gasteiger partial charge in [0.15, 0.2) is 11.6 Å². The average Bonchev–Trinajstić information content (AvgIpc) is 3.28. The minimum absolute atomic E-state index is 0.00856. The molecule has 6 nitrogen and oxygen atoms in total. The van der Waals surface area contributed by atoms with Crippen molar-refractivity contribution in [3.63, 3.8) is 0 Å². The summed E-state index contributed by atoms with van der Waals surface area (Å²) in [4.78, 5) is 29.6. The number of carbonyl (C=O) groups excluding carboxylic acids is 2. The van der Waals surface area contributed by atoms with E-state index in [1.165, 1.54) is 13.2 Å². The topological polar surface area (TPSA) is 78.9 Å². The van der Waals surface area contributed by atoms with Crippen LogP contribution in [0.2, 0.25) is 0 Å². The van der Waals surface area contributed by atoms with Gasteiger partial charge in [-0.05, 0) is 17.9 Å². The lowest BCUT2D eigenvalue weighted by atomic mass is 9.67. The van der Waals surface area contributed by atoms with Crippen LogP contribution < -0.4 is 10.1 Å². The average molecular weight is 445 g/mol. The van der Waals surface area contributed by atoms with Crippen LogP contribution in [0.1, 0.15) is 48.5 Å². The molecule has 0 amide bonds. The zero-order valence-electron chi connectivity index (χ0n) is 19.1. The highest BCUT2D eigenvalue weighted by Crippen LogP contribution is 2.52. The summed E-state index contributed by atoms with van der Waals surface area (Å²) in [6, 6.07) is 14.2. The first-order valence-electron chi connectivity index (χ1n) is 11.3. The molecule has 2 heterocycles. The summed E-state index contributed by atoms with van der Waals surface area (Å²) in [6.07, 6.45) is 1.14. The van der Waals surface area contributed by atoms with Crippen molar-refractivity contribution in [3.8, 4) is 11.5 Å². The number of aromatic hydroxyl groups is 1. The predicted octanol–water partition coefficient (Wildman–Crippen LogP) is 4.14. The fourth-order valence-electron chi connectivity index (χ4n) is 5.34. The Labute approximate surface area is 193 Å². The number of hydrogen-bond donors (Lipinski definition) is 2. The highest BCUT2D eigenvalue weighted by molar-refractivity contribution is 6.13. The molecule has 1 unspecified atom stereocenters. The summed E-state index contributed by atoms with van der Waals surface area (Å²) in [7, 11) is 1.54. The molecule has 1 atom stereocenters. The van der Waals surface area contributed by atoms with Crippen molar-refractivity contribution < 1.29 is 19.4 Å². The summed E-state index contributed by atoms with van der Waals surface area (Å²) < 4.78 is 5.27. The zero-order chi connectivity index (χ0) is 23.3. The third kappa shape index (κ3) is 3.50. The van der Waals surface area contributed by atoms with Crippen LogP contribution in [0.15, 0.2) is 71.2 Å². The van der Waals surface area contributed by atoms with Crippen LogP contribution in [0.25, 0.3) is 0 Å². The lowest BCUT2D eigenvalue weighted by molar-refractivity contribution is -0.118. The number of hydrogen-bond acceptors (Lipinski definition) is 6. The maximum atomic E-state index is 13.9. The number of Topliss-reactive ketones (excluding diaryl/α,β-unsaturated/α-hetero) is 2. The molecule has 0 radical (unpaired) electrons. The van der Waals surface area contributed by atoms with Crippen LogP contribution in [0.3, 0.4) is 0 Å². The van der Waals surface area contributed by atoms with Crippen LogP contribution in [0.4, 0.5) is 0 Å². The van der Waals surface area contributed by atoms with Gasteiger partial charge in [0.1, 0.15) is 17.3 Å². The smallest absolute Gasteiger partial charge is 0.193 e. The summed E-state index contributed by atoms with van der Waals surface area (Å²) >= 11 is 0. The van der Waals surface area contributed by atoms with Gasteiger partial charge in [-0.25, -0.2) is 0 Å². The summed E-state index contributed by atoms with van der Waals surface area (Å²) in [6.45, 7) is 5.59. The second-order valence-corrected chi connectivity index (χ2v) is 9.69. The van der Waals surface area contributed by atoms with Gasteiger partial charge in [-0.3, -0.25) is 9.59 Å². The van der Waals surface area contributed by atoms with Gasteiger partial charge in [-0.2, -0.15) is 0 Å². The van der Waals surface area contributed by atoms with E-state index in [2.05, 4.69) is 24.1 Å². The SMILES string of the molecule is COc1ccc(C2C3=C(CC(C)(C)CC3=O)N3CCNC3=C2C(=O)c2ccccc2)c(O)c1. The lowest BCUT2D eigenvalue weighted by Gasteiger charge is -2.43. The molecule has 0 aromatic heterocycles. The number of nitrogens with one attached hydrogen (secondary N) is 1. The van der Waals surface area contributed by atoms with Crippen molar-refractivity contribution in [1.82, 2.24) is 10.2 Å². The number of fused-ring (bicyclic) bond motifs is 2. The molecule has 5 rings (SSSR count). The van der Waals surface area contributed by atoms with Crippen molar-refractivity contribution in [2.24, 2.45) is 5.41 Å². The maximum absolute atomic E-state index is 13.9. The van der Waals surface area contributed by atoms with E-state index in [0.717, 1.165) is 17.9 Å². The fourth-order valence-corrected chi connectivity index (χ4v) is 5.34. The molecular formula is C27H28N2O4. The number of carbonyl (C=O) groups is 2. The van der Waals surface area contributed by atoms with Gasteiger partial charge in [0.05, 0.1) is 18.6 Å². The van der Waals surface area contributed by atoms with E-state index in [-0.39, 0.29) is 22.7 Å².